The number of hydrogen-bond donors (Lipinski definition) is 1. The first kappa shape index (κ1) is 15.6. The summed E-state index contributed by atoms with van der Waals surface area (Å²) in [6, 6.07) is 7.77. The minimum atomic E-state index is -3.91. The first-order valence-electron chi connectivity index (χ1n) is 7.30. The Morgan fingerprint density at radius 2 is 1.88 bits per heavy atom. The molecule has 1 N–H and O–H groups in total. The summed E-state index contributed by atoms with van der Waals surface area (Å²) in [4.78, 5) is -0.0216. The lowest BCUT2D eigenvalue weighted by atomic mass is 9.99. The Balaban J connectivity index is 2.06. The van der Waals surface area contributed by atoms with Crippen LogP contribution in [0.3, 0.4) is 0 Å². The monoisotopic (exact) mass is 367 g/mol. The van der Waals surface area contributed by atoms with E-state index in [0.29, 0.717) is 30.3 Å². The summed E-state index contributed by atoms with van der Waals surface area (Å²) in [6.07, 6.45) is -1.12. The van der Waals surface area contributed by atoms with E-state index in [9.17, 15) is 13.5 Å². The van der Waals surface area contributed by atoms with Crippen molar-refractivity contribution in [3.8, 4) is 11.5 Å². The minimum absolute atomic E-state index is 0.0216. The van der Waals surface area contributed by atoms with E-state index in [4.69, 9.17) is 21.1 Å². The Hall–Kier alpha value is -1.96. The normalized spacial score (nSPS) is 20.8. The van der Waals surface area contributed by atoms with Crippen molar-refractivity contribution in [3.63, 3.8) is 0 Å². The van der Waals surface area contributed by atoms with Crippen LogP contribution in [0.15, 0.2) is 35.2 Å². The van der Waals surface area contributed by atoms with Crippen LogP contribution in [0.4, 0.5) is 5.69 Å². The number of aliphatic hydroxyl groups is 1. The zero-order valence-corrected chi connectivity index (χ0v) is 14.3. The van der Waals surface area contributed by atoms with Gasteiger partial charge in [-0.25, -0.2) is 8.42 Å². The van der Waals surface area contributed by atoms with Crippen LogP contribution in [0.5, 0.6) is 11.5 Å². The number of halogens is 1. The third-order valence-corrected chi connectivity index (χ3v) is 6.28. The molecule has 0 aliphatic carbocycles. The lowest BCUT2D eigenvalue weighted by molar-refractivity contribution is 0.170. The Morgan fingerprint density at radius 1 is 1.17 bits per heavy atom. The van der Waals surface area contributed by atoms with Crippen molar-refractivity contribution in [2.45, 2.75) is 11.0 Å². The molecule has 2 aromatic rings. The van der Waals surface area contributed by atoms with Gasteiger partial charge in [0.2, 0.25) is 0 Å². The molecule has 1 atom stereocenters. The molecular formula is C16H14ClNO5S. The third-order valence-electron chi connectivity index (χ3n) is 4.23. The summed E-state index contributed by atoms with van der Waals surface area (Å²) in [5.41, 5.74) is 1.00. The van der Waals surface area contributed by atoms with Gasteiger partial charge in [0.1, 0.15) is 25.0 Å². The number of sulfonamides is 1. The molecule has 2 heterocycles. The fourth-order valence-corrected chi connectivity index (χ4v) is 4.77. The van der Waals surface area contributed by atoms with Crippen LogP contribution in [-0.4, -0.2) is 33.8 Å². The molecule has 0 radical (unpaired) electrons. The lowest BCUT2D eigenvalue weighted by Gasteiger charge is -2.27. The van der Waals surface area contributed by atoms with E-state index in [-0.39, 0.29) is 21.2 Å². The van der Waals surface area contributed by atoms with Crippen LogP contribution in [0.25, 0.3) is 0 Å². The van der Waals surface area contributed by atoms with Gasteiger partial charge in [-0.15, -0.1) is 0 Å². The molecule has 0 saturated heterocycles. The van der Waals surface area contributed by atoms with Gasteiger partial charge in [0.05, 0.1) is 4.90 Å². The highest BCUT2D eigenvalue weighted by Crippen LogP contribution is 2.49. The third kappa shape index (κ3) is 2.08. The molecule has 2 aromatic carbocycles. The van der Waals surface area contributed by atoms with Gasteiger partial charge in [0.25, 0.3) is 10.0 Å². The molecule has 2 aliphatic heterocycles. The number of ether oxygens (including phenoxy) is 2. The van der Waals surface area contributed by atoms with E-state index in [1.54, 1.807) is 18.2 Å². The van der Waals surface area contributed by atoms with E-state index < -0.39 is 16.1 Å². The summed E-state index contributed by atoms with van der Waals surface area (Å²) in [7, 11) is -2.48. The Labute approximate surface area is 144 Å². The Morgan fingerprint density at radius 3 is 2.67 bits per heavy atom. The molecule has 6 nitrogen and oxygen atoms in total. The standard InChI is InChI=1S/C16H14ClNO5S/c1-18-14-11(4-5-12-16(14)23-7-6-22-12)15(19)10-3-2-9(17)8-13(10)24(18,20)21/h2-5,8,15,19H,6-7H2,1H3. The molecule has 0 bridgehead atoms. The number of nitrogens with zero attached hydrogens (tertiary/aromatic N) is 1. The van der Waals surface area contributed by atoms with Crippen molar-refractivity contribution >= 4 is 27.3 Å². The summed E-state index contributed by atoms with van der Waals surface area (Å²) in [5.74, 6) is 0.779. The molecule has 0 aromatic heterocycles. The van der Waals surface area contributed by atoms with E-state index >= 15 is 0 Å². The van der Waals surface area contributed by atoms with E-state index in [1.165, 1.54) is 19.2 Å². The molecular weight excluding hydrogens is 354 g/mol. The van der Waals surface area contributed by atoms with Gasteiger partial charge in [-0.3, -0.25) is 4.31 Å². The zero-order valence-electron chi connectivity index (χ0n) is 12.7. The van der Waals surface area contributed by atoms with Gasteiger partial charge in [0.15, 0.2) is 11.5 Å². The molecule has 1 unspecified atom stereocenters. The maximum Gasteiger partial charge on any atom is 0.264 e. The molecule has 0 spiro atoms. The number of benzene rings is 2. The van der Waals surface area contributed by atoms with E-state index in [0.717, 1.165) is 4.31 Å². The highest BCUT2D eigenvalue weighted by atomic mass is 35.5. The highest BCUT2D eigenvalue weighted by Gasteiger charge is 2.38. The van der Waals surface area contributed by atoms with E-state index in [1.807, 2.05) is 0 Å². The average molecular weight is 368 g/mol. The number of anilines is 1. The predicted molar refractivity (Wildman–Crippen MR) is 88.5 cm³/mol. The van der Waals surface area contributed by atoms with Crippen molar-refractivity contribution < 1.29 is 23.0 Å². The first-order valence-corrected chi connectivity index (χ1v) is 9.12. The van der Waals surface area contributed by atoms with Crippen molar-refractivity contribution in [2.75, 3.05) is 24.6 Å². The smallest absolute Gasteiger partial charge is 0.264 e. The second kappa shape index (κ2) is 5.27. The van der Waals surface area contributed by atoms with Gasteiger partial charge in [-0.05, 0) is 18.2 Å². The number of rotatable bonds is 0. The van der Waals surface area contributed by atoms with E-state index in [2.05, 4.69) is 0 Å². The SMILES string of the molecule is CN1c2c(ccc3c2OCCO3)C(O)c2ccc(Cl)cc2S1(=O)=O. The summed E-state index contributed by atoms with van der Waals surface area (Å²) < 4.78 is 38.3. The maximum absolute atomic E-state index is 13.0. The quantitative estimate of drug-likeness (QED) is 0.773. The van der Waals surface area contributed by atoms with Crippen LogP contribution >= 0.6 is 11.6 Å². The molecule has 126 valence electrons. The Bertz CT molecular complexity index is 944. The fourth-order valence-electron chi connectivity index (χ4n) is 3.05. The van der Waals surface area contributed by atoms with Gasteiger partial charge in [-0.1, -0.05) is 23.7 Å². The van der Waals surface area contributed by atoms with Crippen molar-refractivity contribution in [2.24, 2.45) is 0 Å². The van der Waals surface area contributed by atoms with Gasteiger partial charge < -0.3 is 14.6 Å². The lowest BCUT2D eigenvalue weighted by Crippen LogP contribution is -2.28. The summed E-state index contributed by atoms with van der Waals surface area (Å²) >= 11 is 5.97. The summed E-state index contributed by atoms with van der Waals surface area (Å²) in [5, 5.41) is 11.1. The molecule has 0 saturated carbocycles. The maximum atomic E-state index is 13.0. The molecule has 2 aliphatic rings. The van der Waals surface area contributed by atoms with Gasteiger partial charge in [-0.2, -0.15) is 0 Å². The molecule has 4 rings (SSSR count). The second-order valence-electron chi connectivity index (χ2n) is 5.58. The van der Waals surface area contributed by atoms with Crippen LogP contribution in [-0.2, 0) is 10.0 Å². The molecule has 0 amide bonds. The van der Waals surface area contributed by atoms with Gasteiger partial charge >= 0.3 is 0 Å². The average Bonchev–Trinajstić information content (AvgIpc) is 2.64. The number of aliphatic hydroxyl groups excluding tert-OH is 1. The van der Waals surface area contributed by atoms with Crippen molar-refractivity contribution in [3.05, 3.63) is 46.5 Å². The highest BCUT2D eigenvalue weighted by molar-refractivity contribution is 7.92. The number of fused-ring (bicyclic) bond motifs is 4. The second-order valence-corrected chi connectivity index (χ2v) is 7.96. The topological polar surface area (TPSA) is 76.1 Å². The molecule has 0 fully saturated rings. The van der Waals surface area contributed by atoms with Crippen LogP contribution in [0.1, 0.15) is 17.2 Å². The predicted octanol–water partition coefficient (Wildman–Crippen LogP) is 2.33. The number of hydrogen-bond acceptors (Lipinski definition) is 5. The van der Waals surface area contributed by atoms with Gasteiger partial charge in [0, 0.05) is 23.2 Å². The minimum Gasteiger partial charge on any atom is -0.486 e. The summed E-state index contributed by atoms with van der Waals surface area (Å²) in [6.45, 7) is 0.701. The fraction of sp³-hybridized carbons (Fsp3) is 0.250. The van der Waals surface area contributed by atoms with Crippen LogP contribution < -0.4 is 13.8 Å². The molecule has 8 heteroatoms. The Kier molecular flexibility index (Phi) is 3.42. The zero-order chi connectivity index (χ0) is 17.1. The van der Waals surface area contributed by atoms with Crippen molar-refractivity contribution in [1.29, 1.82) is 0 Å². The molecule has 24 heavy (non-hydrogen) atoms. The van der Waals surface area contributed by atoms with Crippen LogP contribution in [0.2, 0.25) is 5.02 Å². The largest absolute Gasteiger partial charge is 0.486 e. The first-order chi connectivity index (χ1) is 11.4. The van der Waals surface area contributed by atoms with Crippen LogP contribution in [0, 0.1) is 0 Å². The van der Waals surface area contributed by atoms with Crippen molar-refractivity contribution in [1.82, 2.24) is 0 Å².